The van der Waals surface area contributed by atoms with E-state index in [1.54, 1.807) is 0 Å². The van der Waals surface area contributed by atoms with Gasteiger partial charge >= 0.3 is 0 Å². The van der Waals surface area contributed by atoms with Crippen molar-refractivity contribution in [3.63, 3.8) is 0 Å². The van der Waals surface area contributed by atoms with Gasteiger partial charge in [-0.1, -0.05) is 12.1 Å². The predicted octanol–water partition coefficient (Wildman–Crippen LogP) is 2.72. The molecule has 0 saturated carbocycles. The van der Waals surface area contributed by atoms with E-state index in [0.29, 0.717) is 14.8 Å². The van der Waals surface area contributed by atoms with Crippen LogP contribution >= 0.6 is 22.6 Å². The summed E-state index contributed by atoms with van der Waals surface area (Å²) in [6.45, 7) is -0.149. The summed E-state index contributed by atoms with van der Waals surface area (Å²) in [4.78, 5) is 0.0785. The van der Waals surface area contributed by atoms with Crippen LogP contribution in [0.2, 0.25) is 0 Å². The fourth-order valence-corrected chi connectivity index (χ4v) is 3.42. The SMILES string of the molecule is O=S(=O)(Nc1ccc(F)cc1I)c1ccc(CO)cc1. The lowest BCUT2D eigenvalue weighted by atomic mass is 10.2. The van der Waals surface area contributed by atoms with E-state index >= 15 is 0 Å². The van der Waals surface area contributed by atoms with Crippen LogP contribution in [0.25, 0.3) is 0 Å². The first-order valence-electron chi connectivity index (χ1n) is 5.60. The number of hydrogen-bond donors (Lipinski definition) is 2. The molecule has 7 heteroatoms. The van der Waals surface area contributed by atoms with E-state index in [1.165, 1.54) is 42.5 Å². The van der Waals surface area contributed by atoms with Gasteiger partial charge in [0, 0.05) is 3.57 Å². The Bertz CT molecular complexity index is 717. The number of aliphatic hydroxyl groups is 1. The molecular weight excluding hydrogens is 396 g/mol. The zero-order valence-electron chi connectivity index (χ0n) is 10.2. The number of halogens is 2. The minimum Gasteiger partial charge on any atom is -0.392 e. The van der Waals surface area contributed by atoms with Gasteiger partial charge in [-0.05, 0) is 58.5 Å². The first kappa shape index (κ1) is 15.2. The molecule has 2 rings (SSSR count). The van der Waals surface area contributed by atoms with Gasteiger partial charge < -0.3 is 5.11 Å². The highest BCUT2D eigenvalue weighted by Gasteiger charge is 2.15. The van der Waals surface area contributed by atoms with Gasteiger partial charge in [0.25, 0.3) is 10.0 Å². The van der Waals surface area contributed by atoms with Crippen molar-refractivity contribution < 1.29 is 17.9 Å². The summed E-state index contributed by atoms with van der Waals surface area (Å²) in [7, 11) is -3.73. The number of sulfonamides is 1. The molecule has 0 aliphatic rings. The second-order valence-electron chi connectivity index (χ2n) is 4.03. The van der Waals surface area contributed by atoms with Crippen LogP contribution in [0.4, 0.5) is 10.1 Å². The maximum atomic E-state index is 13.0. The van der Waals surface area contributed by atoms with Gasteiger partial charge in [0.2, 0.25) is 0 Å². The van der Waals surface area contributed by atoms with E-state index in [2.05, 4.69) is 4.72 Å². The monoisotopic (exact) mass is 407 g/mol. The maximum Gasteiger partial charge on any atom is 0.261 e. The molecule has 20 heavy (non-hydrogen) atoms. The van der Waals surface area contributed by atoms with Crippen LogP contribution in [0.5, 0.6) is 0 Å². The van der Waals surface area contributed by atoms with Gasteiger partial charge in [-0.3, -0.25) is 4.72 Å². The van der Waals surface area contributed by atoms with Gasteiger partial charge in [-0.2, -0.15) is 0 Å². The van der Waals surface area contributed by atoms with E-state index in [9.17, 15) is 12.8 Å². The number of nitrogens with one attached hydrogen (secondary N) is 1. The number of benzene rings is 2. The Hall–Kier alpha value is -1.19. The molecule has 2 aromatic carbocycles. The summed E-state index contributed by atoms with van der Waals surface area (Å²) in [6.07, 6.45) is 0. The molecule has 0 heterocycles. The van der Waals surface area contributed by atoms with Crippen molar-refractivity contribution in [1.29, 1.82) is 0 Å². The average molecular weight is 407 g/mol. The Morgan fingerprint density at radius 2 is 1.80 bits per heavy atom. The lowest BCUT2D eigenvalue weighted by Gasteiger charge is -2.10. The molecule has 0 spiro atoms. The first-order chi connectivity index (χ1) is 9.42. The summed E-state index contributed by atoms with van der Waals surface area (Å²) in [5.41, 5.74) is 0.943. The van der Waals surface area contributed by atoms with Crippen molar-refractivity contribution in [2.45, 2.75) is 11.5 Å². The number of rotatable bonds is 4. The van der Waals surface area contributed by atoms with E-state index in [1.807, 2.05) is 22.6 Å². The summed E-state index contributed by atoms with van der Waals surface area (Å²) in [5, 5.41) is 8.93. The molecular formula is C13H11FINO3S. The number of hydrogen-bond acceptors (Lipinski definition) is 3. The summed E-state index contributed by atoms with van der Waals surface area (Å²) in [6, 6.07) is 9.68. The third-order valence-electron chi connectivity index (χ3n) is 2.59. The largest absolute Gasteiger partial charge is 0.392 e. The van der Waals surface area contributed by atoms with E-state index < -0.39 is 15.8 Å². The molecule has 0 saturated heterocycles. The van der Waals surface area contributed by atoms with Crippen LogP contribution in [-0.2, 0) is 16.6 Å². The molecule has 0 aliphatic heterocycles. The van der Waals surface area contributed by atoms with Gasteiger partial charge in [0.05, 0.1) is 17.2 Å². The van der Waals surface area contributed by atoms with Crippen molar-refractivity contribution in [3.8, 4) is 0 Å². The fourth-order valence-electron chi connectivity index (χ4n) is 1.55. The third kappa shape index (κ3) is 3.47. The molecule has 0 radical (unpaired) electrons. The highest BCUT2D eigenvalue weighted by molar-refractivity contribution is 14.1. The topological polar surface area (TPSA) is 66.4 Å². The smallest absolute Gasteiger partial charge is 0.261 e. The molecule has 4 nitrogen and oxygen atoms in total. The quantitative estimate of drug-likeness (QED) is 0.767. The molecule has 0 atom stereocenters. The molecule has 0 unspecified atom stereocenters. The summed E-state index contributed by atoms with van der Waals surface area (Å²) >= 11 is 1.86. The standard InChI is InChI=1S/C13H11FINO3S/c14-10-3-6-13(12(15)7-10)16-20(18,19)11-4-1-9(8-17)2-5-11/h1-7,16-17H,8H2. The molecule has 106 valence electrons. The summed E-state index contributed by atoms with van der Waals surface area (Å²) in [5.74, 6) is -0.426. The van der Waals surface area contributed by atoms with E-state index in [0.717, 1.165) is 0 Å². The molecule has 2 N–H and O–H groups in total. The minimum absolute atomic E-state index is 0.0785. The minimum atomic E-state index is -3.73. The van der Waals surface area contributed by atoms with Crippen molar-refractivity contribution >= 4 is 38.3 Å². The molecule has 0 fully saturated rings. The van der Waals surface area contributed by atoms with Gasteiger partial charge in [-0.15, -0.1) is 0 Å². The maximum absolute atomic E-state index is 13.0. The summed E-state index contributed by atoms with van der Waals surface area (Å²) < 4.78 is 40.2. The number of anilines is 1. The van der Waals surface area contributed by atoms with Crippen LogP contribution in [0.1, 0.15) is 5.56 Å². The van der Waals surface area contributed by atoms with E-state index in [-0.39, 0.29) is 11.5 Å². The van der Waals surface area contributed by atoms with Crippen LogP contribution in [0.15, 0.2) is 47.4 Å². The van der Waals surface area contributed by atoms with Gasteiger partial charge in [-0.25, -0.2) is 12.8 Å². The Morgan fingerprint density at radius 1 is 1.15 bits per heavy atom. The highest BCUT2D eigenvalue weighted by Crippen LogP contribution is 2.22. The fraction of sp³-hybridized carbons (Fsp3) is 0.0769. The Kier molecular flexibility index (Phi) is 4.61. The van der Waals surface area contributed by atoms with Crippen LogP contribution < -0.4 is 4.72 Å². The lowest BCUT2D eigenvalue weighted by Crippen LogP contribution is -2.13. The van der Waals surface area contributed by atoms with Crippen molar-refractivity contribution in [2.24, 2.45) is 0 Å². The zero-order valence-corrected chi connectivity index (χ0v) is 13.2. The normalized spacial score (nSPS) is 11.3. The predicted molar refractivity (Wildman–Crippen MR) is 82.3 cm³/mol. The Labute approximate surface area is 129 Å². The van der Waals surface area contributed by atoms with Gasteiger partial charge in [0.15, 0.2) is 0 Å². The zero-order chi connectivity index (χ0) is 14.8. The molecule has 0 amide bonds. The van der Waals surface area contributed by atoms with Crippen molar-refractivity contribution in [3.05, 3.63) is 57.4 Å². The van der Waals surface area contributed by atoms with Crippen LogP contribution in [0.3, 0.4) is 0 Å². The molecule has 2 aromatic rings. The van der Waals surface area contributed by atoms with E-state index in [4.69, 9.17) is 5.11 Å². The Balaban J connectivity index is 2.30. The highest BCUT2D eigenvalue weighted by atomic mass is 127. The second-order valence-corrected chi connectivity index (χ2v) is 6.88. The Morgan fingerprint density at radius 3 is 2.35 bits per heavy atom. The van der Waals surface area contributed by atoms with Crippen molar-refractivity contribution in [1.82, 2.24) is 0 Å². The molecule has 0 bridgehead atoms. The van der Waals surface area contributed by atoms with Crippen LogP contribution in [0, 0.1) is 9.39 Å². The first-order valence-corrected chi connectivity index (χ1v) is 8.16. The molecule has 0 aromatic heterocycles. The third-order valence-corrected chi connectivity index (χ3v) is 4.87. The molecule has 0 aliphatic carbocycles. The number of aliphatic hydroxyl groups excluding tert-OH is 1. The average Bonchev–Trinajstić information content (AvgIpc) is 2.42. The lowest BCUT2D eigenvalue weighted by molar-refractivity contribution is 0.282. The second kappa shape index (κ2) is 6.06. The van der Waals surface area contributed by atoms with Gasteiger partial charge in [0.1, 0.15) is 5.82 Å². The van der Waals surface area contributed by atoms with Crippen LogP contribution in [-0.4, -0.2) is 13.5 Å². The van der Waals surface area contributed by atoms with Crippen molar-refractivity contribution in [2.75, 3.05) is 4.72 Å².